The van der Waals surface area contributed by atoms with Crippen molar-refractivity contribution in [3.05, 3.63) is 39.9 Å². The molecule has 15 heteroatoms. The number of primary amides is 1. The van der Waals surface area contributed by atoms with Gasteiger partial charge in [-0.15, -0.1) is 11.8 Å². The average molecular weight is 505 g/mol. The van der Waals surface area contributed by atoms with E-state index in [0.717, 1.165) is 22.9 Å². The number of amides is 4. The summed E-state index contributed by atoms with van der Waals surface area (Å²) >= 11 is 1.15. The van der Waals surface area contributed by atoms with Crippen molar-refractivity contribution in [2.75, 3.05) is 31.4 Å². The number of non-ortho nitro benzene ring substituents is 1. The van der Waals surface area contributed by atoms with E-state index < -0.39 is 45.2 Å². The molecule has 1 heterocycles. The van der Waals surface area contributed by atoms with E-state index in [0.29, 0.717) is 5.56 Å². The second-order valence-electron chi connectivity index (χ2n) is 7.25. The molecule has 2 unspecified atom stereocenters. The van der Waals surface area contributed by atoms with Gasteiger partial charge in [0.05, 0.1) is 29.6 Å². The number of nitro groups is 1. The van der Waals surface area contributed by atoms with E-state index in [1.807, 2.05) is 0 Å². The summed E-state index contributed by atoms with van der Waals surface area (Å²) < 4.78 is 33.3. The van der Waals surface area contributed by atoms with Gasteiger partial charge in [-0.1, -0.05) is 0 Å². The SMILES string of the molecule is CN(C(N)=O)C(=O)CSCC1CC(OS(C)(=O)=O)CN1C(=O)OCc1ccc([N+](=O)[O-])cc1. The van der Waals surface area contributed by atoms with E-state index in [1.54, 1.807) is 0 Å². The van der Waals surface area contributed by atoms with Crippen LogP contribution in [0.5, 0.6) is 0 Å². The number of hydrogen-bond acceptors (Lipinski definition) is 10. The number of hydrogen-bond donors (Lipinski definition) is 1. The maximum absolute atomic E-state index is 12.7. The van der Waals surface area contributed by atoms with Crippen LogP contribution in [-0.2, 0) is 30.4 Å². The second-order valence-corrected chi connectivity index (χ2v) is 9.88. The van der Waals surface area contributed by atoms with Crippen LogP contribution in [-0.4, -0.2) is 84.7 Å². The van der Waals surface area contributed by atoms with Crippen molar-refractivity contribution in [3.63, 3.8) is 0 Å². The molecule has 1 aliphatic heterocycles. The number of ether oxygens (including phenoxy) is 1. The smallest absolute Gasteiger partial charge is 0.410 e. The quantitative estimate of drug-likeness (QED) is 0.289. The first-order chi connectivity index (χ1) is 15.4. The van der Waals surface area contributed by atoms with Crippen LogP contribution in [0.4, 0.5) is 15.3 Å². The predicted octanol–water partition coefficient (Wildman–Crippen LogP) is 0.921. The number of thioether (sulfide) groups is 1. The summed E-state index contributed by atoms with van der Waals surface area (Å²) in [6.45, 7) is -0.181. The monoisotopic (exact) mass is 504 g/mol. The summed E-state index contributed by atoms with van der Waals surface area (Å²) in [6.07, 6.45) is -0.391. The summed E-state index contributed by atoms with van der Waals surface area (Å²) in [5, 5.41) is 10.7. The Morgan fingerprint density at radius 2 is 1.94 bits per heavy atom. The average Bonchev–Trinajstić information content (AvgIpc) is 3.12. The molecule has 0 aliphatic carbocycles. The highest BCUT2D eigenvalue weighted by Gasteiger charge is 2.38. The van der Waals surface area contributed by atoms with Crippen LogP contribution >= 0.6 is 11.8 Å². The van der Waals surface area contributed by atoms with Crippen LogP contribution in [0.15, 0.2) is 24.3 Å². The van der Waals surface area contributed by atoms with Crippen molar-refractivity contribution in [1.29, 1.82) is 0 Å². The maximum Gasteiger partial charge on any atom is 0.410 e. The first-order valence-electron chi connectivity index (χ1n) is 9.56. The van der Waals surface area contributed by atoms with Gasteiger partial charge >= 0.3 is 12.1 Å². The third-order valence-corrected chi connectivity index (χ3v) is 6.36. The Morgan fingerprint density at radius 1 is 1.30 bits per heavy atom. The van der Waals surface area contributed by atoms with Crippen LogP contribution < -0.4 is 5.73 Å². The Bertz CT molecular complexity index is 1000. The minimum absolute atomic E-state index is 0.0352. The number of nitro benzene ring substituents is 1. The topological polar surface area (TPSA) is 179 Å². The zero-order valence-electron chi connectivity index (χ0n) is 17.9. The first-order valence-corrected chi connectivity index (χ1v) is 12.5. The van der Waals surface area contributed by atoms with E-state index in [2.05, 4.69) is 0 Å². The summed E-state index contributed by atoms with van der Waals surface area (Å²) in [7, 11) is -2.51. The molecule has 1 fully saturated rings. The molecule has 1 saturated heterocycles. The number of carbonyl (C=O) groups is 3. The molecule has 1 aromatic carbocycles. The summed E-state index contributed by atoms with van der Waals surface area (Å²) in [5.74, 6) is -0.324. The Hall–Kier alpha value is -2.91. The van der Waals surface area contributed by atoms with Crippen molar-refractivity contribution >= 4 is 45.6 Å². The van der Waals surface area contributed by atoms with Crippen molar-refractivity contribution < 1.29 is 36.6 Å². The molecule has 182 valence electrons. The van der Waals surface area contributed by atoms with Crippen LogP contribution in [0.1, 0.15) is 12.0 Å². The Balaban J connectivity index is 1.99. The molecule has 0 spiro atoms. The van der Waals surface area contributed by atoms with Gasteiger partial charge in [0, 0.05) is 31.0 Å². The first kappa shape index (κ1) is 26.3. The number of urea groups is 1. The van der Waals surface area contributed by atoms with Crippen LogP contribution in [0.25, 0.3) is 0 Å². The predicted molar refractivity (Wildman–Crippen MR) is 118 cm³/mol. The second kappa shape index (κ2) is 11.3. The molecule has 0 radical (unpaired) electrons. The molecule has 33 heavy (non-hydrogen) atoms. The van der Waals surface area contributed by atoms with Crippen molar-refractivity contribution in [3.8, 4) is 0 Å². The third-order valence-electron chi connectivity index (χ3n) is 4.67. The molecular weight excluding hydrogens is 480 g/mol. The number of likely N-dealkylation sites (tertiary alicyclic amines) is 1. The number of rotatable bonds is 9. The van der Waals surface area contributed by atoms with Gasteiger partial charge in [-0.3, -0.25) is 24.0 Å². The van der Waals surface area contributed by atoms with Gasteiger partial charge in [0.2, 0.25) is 5.91 Å². The molecule has 0 aromatic heterocycles. The standard InChI is InChI=1S/C18H24N4O9S2/c1-20(17(19)24)16(23)11-32-10-14-7-15(31-33(2,28)29)8-21(14)18(25)30-9-12-3-5-13(6-4-12)22(26)27/h3-6,14-15H,7-11H2,1-2H3,(H2,19,24). The van der Waals surface area contributed by atoms with Gasteiger partial charge in [0.15, 0.2) is 0 Å². The molecule has 4 amide bonds. The minimum Gasteiger partial charge on any atom is -0.445 e. The van der Waals surface area contributed by atoms with Crippen LogP contribution in [0.3, 0.4) is 0 Å². The maximum atomic E-state index is 12.7. The lowest BCUT2D eigenvalue weighted by Gasteiger charge is -2.23. The molecule has 2 atom stereocenters. The van der Waals surface area contributed by atoms with E-state index in [9.17, 15) is 32.9 Å². The zero-order chi connectivity index (χ0) is 24.8. The molecule has 1 aliphatic rings. The highest BCUT2D eigenvalue weighted by Crippen LogP contribution is 2.26. The van der Waals surface area contributed by atoms with Crippen LogP contribution in [0, 0.1) is 10.1 Å². The Morgan fingerprint density at radius 3 is 2.48 bits per heavy atom. The number of nitrogens with two attached hydrogens (primary N) is 1. The van der Waals surface area contributed by atoms with Crippen LogP contribution in [0.2, 0.25) is 0 Å². The molecule has 2 N–H and O–H groups in total. The van der Waals surface area contributed by atoms with E-state index in [4.69, 9.17) is 14.7 Å². The fourth-order valence-electron chi connectivity index (χ4n) is 3.02. The van der Waals surface area contributed by atoms with Crippen molar-refractivity contribution in [2.45, 2.75) is 25.2 Å². The lowest BCUT2D eigenvalue weighted by Crippen LogP contribution is -2.39. The van der Waals surface area contributed by atoms with Crippen molar-refractivity contribution in [2.24, 2.45) is 5.73 Å². The van der Waals surface area contributed by atoms with Gasteiger partial charge in [-0.2, -0.15) is 8.42 Å². The molecule has 0 bridgehead atoms. The van der Waals surface area contributed by atoms with E-state index >= 15 is 0 Å². The van der Waals surface area contributed by atoms with Gasteiger partial charge in [0.1, 0.15) is 6.61 Å². The number of imide groups is 1. The summed E-state index contributed by atoms with van der Waals surface area (Å²) in [6, 6.07) is 4.11. The Kier molecular flexibility index (Phi) is 9.01. The lowest BCUT2D eigenvalue weighted by molar-refractivity contribution is -0.384. The number of benzene rings is 1. The largest absolute Gasteiger partial charge is 0.445 e. The van der Waals surface area contributed by atoms with Gasteiger partial charge < -0.3 is 15.4 Å². The molecular formula is C18H24N4O9S2. The summed E-state index contributed by atoms with van der Waals surface area (Å²) in [5.41, 5.74) is 5.49. The van der Waals surface area contributed by atoms with E-state index in [1.165, 1.54) is 36.2 Å². The van der Waals surface area contributed by atoms with Crippen molar-refractivity contribution in [1.82, 2.24) is 9.80 Å². The van der Waals surface area contributed by atoms with Gasteiger partial charge in [-0.25, -0.2) is 9.59 Å². The number of carbonyl (C=O) groups excluding carboxylic acids is 3. The number of nitrogens with zero attached hydrogens (tertiary/aromatic N) is 3. The lowest BCUT2D eigenvalue weighted by atomic mass is 10.2. The minimum atomic E-state index is -3.75. The normalized spacial score (nSPS) is 18.1. The fraction of sp³-hybridized carbons (Fsp3) is 0.500. The molecule has 2 rings (SSSR count). The highest BCUT2D eigenvalue weighted by atomic mass is 32.2. The van der Waals surface area contributed by atoms with Gasteiger partial charge in [0.25, 0.3) is 15.8 Å². The zero-order valence-corrected chi connectivity index (χ0v) is 19.5. The molecule has 13 nitrogen and oxygen atoms in total. The third kappa shape index (κ3) is 8.18. The Labute approximate surface area is 194 Å². The summed E-state index contributed by atoms with van der Waals surface area (Å²) in [4.78, 5) is 47.9. The van der Waals surface area contributed by atoms with Gasteiger partial charge in [-0.05, 0) is 24.1 Å². The molecule has 0 saturated carbocycles. The molecule has 1 aromatic rings. The fourth-order valence-corrected chi connectivity index (χ4v) is 4.72. The van der Waals surface area contributed by atoms with E-state index in [-0.39, 0.29) is 36.8 Å². The highest BCUT2D eigenvalue weighted by molar-refractivity contribution is 8.00.